The summed E-state index contributed by atoms with van der Waals surface area (Å²) in [6, 6.07) is 7.57. The zero-order valence-corrected chi connectivity index (χ0v) is 10.8. The Morgan fingerprint density at radius 3 is 2.84 bits per heavy atom. The van der Waals surface area contributed by atoms with Gasteiger partial charge in [-0.1, -0.05) is 30.0 Å². The maximum atomic E-state index is 11.5. The second-order valence-corrected chi connectivity index (χ2v) is 4.69. The van der Waals surface area contributed by atoms with E-state index in [0.717, 1.165) is 15.9 Å². The zero-order valence-electron chi connectivity index (χ0n) is 10.00. The van der Waals surface area contributed by atoms with E-state index in [0.29, 0.717) is 0 Å². The van der Waals surface area contributed by atoms with E-state index >= 15 is 0 Å². The summed E-state index contributed by atoms with van der Waals surface area (Å²) in [4.78, 5) is 30.3. The van der Waals surface area contributed by atoms with E-state index < -0.39 is 5.91 Å². The molecule has 0 atom stereocenters. The molecule has 0 aliphatic carbocycles. The van der Waals surface area contributed by atoms with Crippen LogP contribution in [0.2, 0.25) is 0 Å². The van der Waals surface area contributed by atoms with Crippen molar-refractivity contribution in [2.45, 2.75) is 5.03 Å². The molecule has 2 rings (SSSR count). The number of primary amides is 1. The van der Waals surface area contributed by atoms with Gasteiger partial charge < -0.3 is 11.1 Å². The molecule has 0 saturated carbocycles. The highest BCUT2D eigenvalue weighted by atomic mass is 32.2. The molecule has 0 aliphatic rings. The number of para-hydroxylation sites is 1. The lowest BCUT2D eigenvalue weighted by atomic mass is 10.2. The van der Waals surface area contributed by atoms with Gasteiger partial charge in [0.1, 0.15) is 11.4 Å². The average molecular weight is 276 g/mol. The molecule has 2 amide bonds. The molecule has 1 aromatic heterocycles. The van der Waals surface area contributed by atoms with Crippen molar-refractivity contribution in [3.05, 3.63) is 30.6 Å². The Balaban J connectivity index is 2.02. The van der Waals surface area contributed by atoms with Crippen molar-refractivity contribution in [1.82, 2.24) is 15.3 Å². The highest BCUT2D eigenvalue weighted by molar-refractivity contribution is 8.00. The first kappa shape index (κ1) is 13.3. The van der Waals surface area contributed by atoms with Crippen molar-refractivity contribution < 1.29 is 9.59 Å². The fourth-order valence-electron chi connectivity index (χ4n) is 1.47. The lowest BCUT2D eigenvalue weighted by Gasteiger charge is -2.04. The Bertz CT molecular complexity index is 612. The van der Waals surface area contributed by atoms with Crippen molar-refractivity contribution in [1.29, 1.82) is 0 Å². The van der Waals surface area contributed by atoms with Gasteiger partial charge in [0.05, 0.1) is 17.8 Å². The minimum absolute atomic E-state index is 0.149. The lowest BCUT2D eigenvalue weighted by molar-refractivity contribution is -0.123. The molecule has 1 aromatic carbocycles. The SMILES string of the molecule is NC(=O)CNC(=O)CSc1ncnc2ccccc12. The molecule has 0 fully saturated rings. The van der Waals surface area contributed by atoms with E-state index in [2.05, 4.69) is 15.3 Å². The van der Waals surface area contributed by atoms with Crippen molar-refractivity contribution in [3.8, 4) is 0 Å². The highest BCUT2D eigenvalue weighted by Gasteiger charge is 2.07. The van der Waals surface area contributed by atoms with Crippen molar-refractivity contribution >= 4 is 34.5 Å². The standard InChI is InChI=1S/C12H12N4O2S/c13-10(17)5-14-11(18)6-19-12-8-3-1-2-4-9(8)15-7-16-12/h1-4,7H,5-6H2,(H2,13,17)(H,14,18). The predicted molar refractivity (Wildman–Crippen MR) is 72.5 cm³/mol. The van der Waals surface area contributed by atoms with Gasteiger partial charge in [-0.2, -0.15) is 0 Å². The molecule has 19 heavy (non-hydrogen) atoms. The highest BCUT2D eigenvalue weighted by Crippen LogP contribution is 2.23. The molecule has 0 radical (unpaired) electrons. The Hall–Kier alpha value is -2.15. The maximum absolute atomic E-state index is 11.5. The summed E-state index contributed by atoms with van der Waals surface area (Å²) in [7, 11) is 0. The molecule has 2 aromatic rings. The molecular formula is C12H12N4O2S. The van der Waals surface area contributed by atoms with Crippen molar-refractivity contribution in [2.24, 2.45) is 5.73 Å². The summed E-state index contributed by atoms with van der Waals surface area (Å²) in [6.07, 6.45) is 1.46. The van der Waals surface area contributed by atoms with Crippen LogP contribution in [0.5, 0.6) is 0 Å². The zero-order chi connectivity index (χ0) is 13.7. The van der Waals surface area contributed by atoms with Crippen LogP contribution in [0.15, 0.2) is 35.6 Å². The van der Waals surface area contributed by atoms with E-state index in [4.69, 9.17) is 5.73 Å². The fraction of sp³-hybridized carbons (Fsp3) is 0.167. The number of hydrogen-bond acceptors (Lipinski definition) is 5. The number of hydrogen-bond donors (Lipinski definition) is 2. The number of carbonyl (C=O) groups is 2. The van der Waals surface area contributed by atoms with Crippen LogP contribution >= 0.6 is 11.8 Å². The molecule has 6 nitrogen and oxygen atoms in total. The van der Waals surface area contributed by atoms with Crippen LogP contribution in [0.4, 0.5) is 0 Å². The van der Waals surface area contributed by atoms with Crippen LogP contribution in [0, 0.1) is 0 Å². The van der Waals surface area contributed by atoms with Gasteiger partial charge in [0.2, 0.25) is 11.8 Å². The number of nitrogens with one attached hydrogen (secondary N) is 1. The van der Waals surface area contributed by atoms with Crippen LogP contribution in [-0.2, 0) is 9.59 Å². The summed E-state index contributed by atoms with van der Waals surface area (Å²) in [5.74, 6) is -0.647. The molecule has 7 heteroatoms. The van der Waals surface area contributed by atoms with E-state index in [1.807, 2.05) is 24.3 Å². The van der Waals surface area contributed by atoms with E-state index in [9.17, 15) is 9.59 Å². The third-order valence-corrected chi connectivity index (χ3v) is 3.31. The fourth-order valence-corrected chi connectivity index (χ4v) is 2.29. The molecule has 0 unspecified atom stereocenters. The minimum Gasteiger partial charge on any atom is -0.368 e. The van der Waals surface area contributed by atoms with Crippen LogP contribution in [-0.4, -0.2) is 34.1 Å². The van der Waals surface area contributed by atoms with Gasteiger partial charge in [0.15, 0.2) is 0 Å². The smallest absolute Gasteiger partial charge is 0.236 e. The summed E-state index contributed by atoms with van der Waals surface area (Å²) in [6.45, 7) is -0.149. The first-order chi connectivity index (χ1) is 9.16. The molecular weight excluding hydrogens is 264 g/mol. The second-order valence-electron chi connectivity index (χ2n) is 3.73. The van der Waals surface area contributed by atoms with E-state index in [-0.39, 0.29) is 18.2 Å². The lowest BCUT2D eigenvalue weighted by Crippen LogP contribution is -2.34. The number of carbonyl (C=O) groups excluding carboxylic acids is 2. The van der Waals surface area contributed by atoms with Crippen molar-refractivity contribution in [3.63, 3.8) is 0 Å². The number of benzene rings is 1. The van der Waals surface area contributed by atoms with Gasteiger partial charge in [-0.25, -0.2) is 9.97 Å². The van der Waals surface area contributed by atoms with Gasteiger partial charge in [-0.15, -0.1) is 0 Å². The minimum atomic E-state index is -0.564. The molecule has 0 bridgehead atoms. The monoisotopic (exact) mass is 276 g/mol. The third kappa shape index (κ3) is 3.65. The summed E-state index contributed by atoms with van der Waals surface area (Å²) >= 11 is 1.29. The van der Waals surface area contributed by atoms with Gasteiger partial charge in [-0.05, 0) is 6.07 Å². The van der Waals surface area contributed by atoms with Gasteiger partial charge in [0.25, 0.3) is 0 Å². The van der Waals surface area contributed by atoms with Crippen LogP contribution in [0.1, 0.15) is 0 Å². The van der Waals surface area contributed by atoms with E-state index in [1.165, 1.54) is 18.1 Å². The first-order valence-electron chi connectivity index (χ1n) is 5.54. The number of amides is 2. The quantitative estimate of drug-likeness (QED) is 0.605. The Morgan fingerprint density at radius 1 is 1.26 bits per heavy atom. The van der Waals surface area contributed by atoms with Gasteiger partial charge in [-0.3, -0.25) is 9.59 Å². The van der Waals surface area contributed by atoms with Crippen molar-refractivity contribution in [2.75, 3.05) is 12.3 Å². The Labute approximate surface area is 113 Å². The summed E-state index contributed by atoms with van der Waals surface area (Å²) in [5.41, 5.74) is 5.77. The number of aromatic nitrogens is 2. The van der Waals surface area contributed by atoms with Crippen LogP contribution in [0.3, 0.4) is 0 Å². The largest absolute Gasteiger partial charge is 0.368 e. The second kappa shape index (κ2) is 6.14. The molecule has 0 spiro atoms. The maximum Gasteiger partial charge on any atom is 0.236 e. The number of nitrogens with two attached hydrogens (primary N) is 1. The summed E-state index contributed by atoms with van der Waals surface area (Å²) < 4.78 is 0. The van der Waals surface area contributed by atoms with Crippen LogP contribution < -0.4 is 11.1 Å². The molecule has 1 heterocycles. The number of rotatable bonds is 5. The van der Waals surface area contributed by atoms with E-state index in [1.54, 1.807) is 0 Å². The molecule has 3 N–H and O–H groups in total. The Morgan fingerprint density at radius 2 is 2.05 bits per heavy atom. The topological polar surface area (TPSA) is 98.0 Å². The number of fused-ring (bicyclic) bond motifs is 1. The number of thioether (sulfide) groups is 1. The normalized spacial score (nSPS) is 10.3. The molecule has 98 valence electrons. The van der Waals surface area contributed by atoms with Gasteiger partial charge in [0, 0.05) is 5.39 Å². The number of nitrogens with zero attached hydrogens (tertiary/aromatic N) is 2. The summed E-state index contributed by atoms with van der Waals surface area (Å²) in [5, 5.41) is 4.06. The van der Waals surface area contributed by atoms with Crippen LogP contribution in [0.25, 0.3) is 10.9 Å². The van der Waals surface area contributed by atoms with Gasteiger partial charge >= 0.3 is 0 Å². The molecule has 0 aliphatic heterocycles. The predicted octanol–water partition coefficient (Wildman–Crippen LogP) is 0.323. The molecule has 0 saturated heterocycles. The first-order valence-corrected chi connectivity index (χ1v) is 6.53. The average Bonchev–Trinajstić information content (AvgIpc) is 2.42. The third-order valence-electron chi connectivity index (χ3n) is 2.31. The Kier molecular flexibility index (Phi) is 4.30.